The Labute approximate surface area is 153 Å². The van der Waals surface area contributed by atoms with Gasteiger partial charge >= 0.3 is 5.97 Å². The molecule has 7 nitrogen and oxygen atoms in total. The van der Waals surface area contributed by atoms with E-state index in [9.17, 15) is 19.5 Å². The second kappa shape index (κ2) is 9.22. The minimum absolute atomic E-state index is 0.0436. The van der Waals surface area contributed by atoms with Gasteiger partial charge in [-0.05, 0) is 37.5 Å². The van der Waals surface area contributed by atoms with Crippen molar-refractivity contribution >= 4 is 17.8 Å². The van der Waals surface area contributed by atoms with Crippen LogP contribution in [0.15, 0.2) is 24.3 Å². The van der Waals surface area contributed by atoms with Crippen LogP contribution in [0.5, 0.6) is 5.75 Å². The fraction of sp³-hybridized carbons (Fsp3) is 0.526. The first-order valence-electron chi connectivity index (χ1n) is 8.87. The number of hydrogen-bond donors (Lipinski definition) is 2. The van der Waals surface area contributed by atoms with Crippen molar-refractivity contribution in [1.82, 2.24) is 10.2 Å². The maximum Gasteiger partial charge on any atom is 0.308 e. The van der Waals surface area contributed by atoms with E-state index in [1.807, 2.05) is 19.1 Å². The van der Waals surface area contributed by atoms with Crippen LogP contribution in [0.25, 0.3) is 0 Å². The Morgan fingerprint density at radius 3 is 2.62 bits per heavy atom. The van der Waals surface area contributed by atoms with E-state index in [2.05, 4.69) is 5.32 Å². The number of carbonyl (C=O) groups excluding carboxylic acids is 2. The lowest BCUT2D eigenvalue weighted by atomic mass is 9.94. The van der Waals surface area contributed by atoms with Crippen LogP contribution in [0.1, 0.15) is 25.3 Å². The van der Waals surface area contributed by atoms with Crippen LogP contribution >= 0.6 is 0 Å². The molecule has 1 aromatic rings. The molecule has 26 heavy (non-hydrogen) atoms. The van der Waals surface area contributed by atoms with Crippen LogP contribution in [-0.2, 0) is 20.8 Å². The normalized spacial score (nSPS) is 18.3. The minimum atomic E-state index is -0.960. The summed E-state index contributed by atoms with van der Waals surface area (Å²) in [7, 11) is 1.72. The van der Waals surface area contributed by atoms with Crippen molar-refractivity contribution in [3.8, 4) is 5.75 Å². The molecule has 0 bridgehead atoms. The second-order valence-electron chi connectivity index (χ2n) is 6.57. The van der Waals surface area contributed by atoms with Crippen LogP contribution in [0, 0.1) is 11.8 Å². The van der Waals surface area contributed by atoms with Crippen molar-refractivity contribution in [1.29, 1.82) is 0 Å². The van der Waals surface area contributed by atoms with Gasteiger partial charge in [-0.3, -0.25) is 14.4 Å². The summed E-state index contributed by atoms with van der Waals surface area (Å²) in [6.45, 7) is 3.06. The van der Waals surface area contributed by atoms with E-state index in [1.165, 1.54) is 0 Å². The van der Waals surface area contributed by atoms with Crippen molar-refractivity contribution in [2.75, 3.05) is 26.7 Å². The van der Waals surface area contributed by atoms with Gasteiger partial charge in [0.1, 0.15) is 5.75 Å². The summed E-state index contributed by atoms with van der Waals surface area (Å²) in [4.78, 5) is 37.1. The number of piperidine rings is 1. The molecule has 2 atom stereocenters. The number of benzene rings is 1. The van der Waals surface area contributed by atoms with Gasteiger partial charge in [-0.2, -0.15) is 0 Å². The summed E-state index contributed by atoms with van der Waals surface area (Å²) in [5, 5.41) is 12.1. The number of carbonyl (C=O) groups is 3. The van der Waals surface area contributed by atoms with Gasteiger partial charge < -0.3 is 20.1 Å². The number of nitrogens with one attached hydrogen (secondary N) is 1. The standard InChI is InChI=1S/C19H26N2O5/c1-3-26-16-6-4-13(5-7-16)10-15(19(24)25)12-20-18(23)14-8-9-21(2)17(22)11-14/h4-7,14-15H,3,8-12H2,1-2H3,(H,20,23)(H,24,25). The van der Waals surface area contributed by atoms with Crippen LogP contribution in [0.2, 0.25) is 0 Å². The van der Waals surface area contributed by atoms with Crippen LogP contribution in [0.3, 0.4) is 0 Å². The Kier molecular flexibility index (Phi) is 7.00. The molecule has 2 unspecified atom stereocenters. The molecule has 142 valence electrons. The molecule has 0 aromatic heterocycles. The molecule has 1 heterocycles. The lowest BCUT2D eigenvalue weighted by Crippen LogP contribution is -2.43. The third-order valence-electron chi connectivity index (χ3n) is 4.62. The Bertz CT molecular complexity index is 644. The highest BCUT2D eigenvalue weighted by Crippen LogP contribution is 2.18. The molecule has 0 spiro atoms. The predicted octanol–water partition coefficient (Wildman–Crippen LogP) is 1.31. The van der Waals surface area contributed by atoms with Gasteiger partial charge in [0.15, 0.2) is 0 Å². The lowest BCUT2D eigenvalue weighted by Gasteiger charge is -2.28. The van der Waals surface area contributed by atoms with Gasteiger partial charge in [0.25, 0.3) is 0 Å². The van der Waals surface area contributed by atoms with Gasteiger partial charge in [0.05, 0.1) is 12.5 Å². The summed E-state index contributed by atoms with van der Waals surface area (Å²) in [5.41, 5.74) is 0.865. The van der Waals surface area contributed by atoms with E-state index in [1.54, 1.807) is 24.1 Å². The molecule has 2 N–H and O–H groups in total. The van der Waals surface area contributed by atoms with E-state index in [4.69, 9.17) is 4.74 Å². The highest BCUT2D eigenvalue weighted by atomic mass is 16.5. The van der Waals surface area contributed by atoms with E-state index < -0.39 is 11.9 Å². The number of hydrogen-bond acceptors (Lipinski definition) is 4. The van der Waals surface area contributed by atoms with E-state index in [0.29, 0.717) is 26.0 Å². The Balaban J connectivity index is 1.88. The number of rotatable bonds is 8. The molecule has 1 fully saturated rings. The zero-order chi connectivity index (χ0) is 19.1. The van der Waals surface area contributed by atoms with Gasteiger partial charge in [-0.15, -0.1) is 0 Å². The van der Waals surface area contributed by atoms with Gasteiger partial charge in [0.2, 0.25) is 11.8 Å². The summed E-state index contributed by atoms with van der Waals surface area (Å²) < 4.78 is 5.37. The summed E-state index contributed by atoms with van der Waals surface area (Å²) >= 11 is 0. The number of amides is 2. The zero-order valence-corrected chi connectivity index (χ0v) is 15.2. The van der Waals surface area contributed by atoms with E-state index >= 15 is 0 Å². The summed E-state index contributed by atoms with van der Waals surface area (Å²) in [5.74, 6) is -1.62. The molecule has 2 rings (SSSR count). The van der Waals surface area contributed by atoms with Crippen molar-refractivity contribution in [2.45, 2.75) is 26.2 Å². The topological polar surface area (TPSA) is 95.9 Å². The maximum atomic E-state index is 12.3. The molecule has 0 aliphatic carbocycles. The number of nitrogens with zero attached hydrogens (tertiary/aromatic N) is 1. The quantitative estimate of drug-likeness (QED) is 0.727. The zero-order valence-electron chi connectivity index (χ0n) is 15.2. The van der Waals surface area contributed by atoms with Crippen molar-refractivity contribution in [2.24, 2.45) is 11.8 Å². The smallest absolute Gasteiger partial charge is 0.308 e. The molecule has 1 aromatic carbocycles. The average Bonchev–Trinajstić information content (AvgIpc) is 2.62. The first-order chi connectivity index (χ1) is 12.4. The Hall–Kier alpha value is -2.57. The van der Waals surface area contributed by atoms with Crippen LogP contribution in [0.4, 0.5) is 0 Å². The molecule has 1 saturated heterocycles. The molecular formula is C19H26N2O5. The molecule has 2 amide bonds. The minimum Gasteiger partial charge on any atom is -0.494 e. The molecule has 7 heteroatoms. The fourth-order valence-corrected chi connectivity index (χ4v) is 2.95. The van der Waals surface area contributed by atoms with Crippen molar-refractivity contribution < 1.29 is 24.2 Å². The predicted molar refractivity (Wildman–Crippen MR) is 95.8 cm³/mol. The van der Waals surface area contributed by atoms with E-state index in [-0.39, 0.29) is 30.7 Å². The monoisotopic (exact) mass is 362 g/mol. The first kappa shape index (κ1) is 19.8. The number of carboxylic acid groups (broad SMARTS) is 1. The fourth-order valence-electron chi connectivity index (χ4n) is 2.95. The molecule has 1 aliphatic rings. The summed E-state index contributed by atoms with van der Waals surface area (Å²) in [6.07, 6.45) is 1.10. The molecule has 0 radical (unpaired) electrons. The lowest BCUT2D eigenvalue weighted by molar-refractivity contribution is -0.142. The largest absolute Gasteiger partial charge is 0.494 e. The van der Waals surface area contributed by atoms with Crippen molar-refractivity contribution in [3.05, 3.63) is 29.8 Å². The van der Waals surface area contributed by atoms with Gasteiger partial charge in [-0.1, -0.05) is 12.1 Å². The highest BCUT2D eigenvalue weighted by molar-refractivity contribution is 5.87. The molecular weight excluding hydrogens is 336 g/mol. The maximum absolute atomic E-state index is 12.3. The van der Waals surface area contributed by atoms with Crippen molar-refractivity contribution in [3.63, 3.8) is 0 Å². The number of likely N-dealkylation sites (tertiary alicyclic amines) is 1. The molecule has 0 saturated carbocycles. The highest BCUT2D eigenvalue weighted by Gasteiger charge is 2.29. The van der Waals surface area contributed by atoms with Crippen LogP contribution < -0.4 is 10.1 Å². The SMILES string of the molecule is CCOc1ccc(CC(CNC(=O)C2CCN(C)C(=O)C2)C(=O)O)cc1. The second-order valence-corrected chi connectivity index (χ2v) is 6.57. The first-order valence-corrected chi connectivity index (χ1v) is 8.87. The number of aliphatic carboxylic acids is 1. The molecule has 1 aliphatic heterocycles. The third-order valence-corrected chi connectivity index (χ3v) is 4.62. The van der Waals surface area contributed by atoms with Gasteiger partial charge in [-0.25, -0.2) is 0 Å². The summed E-state index contributed by atoms with van der Waals surface area (Å²) in [6, 6.07) is 7.28. The van der Waals surface area contributed by atoms with Gasteiger partial charge in [0, 0.05) is 32.5 Å². The van der Waals surface area contributed by atoms with E-state index in [0.717, 1.165) is 11.3 Å². The Morgan fingerprint density at radius 2 is 2.04 bits per heavy atom. The average molecular weight is 362 g/mol. The third kappa shape index (κ3) is 5.47. The number of carboxylic acids is 1. The van der Waals surface area contributed by atoms with Crippen LogP contribution in [-0.4, -0.2) is 54.5 Å². The Morgan fingerprint density at radius 1 is 1.35 bits per heavy atom. The number of ether oxygens (including phenoxy) is 1.